The molecule has 0 aromatic carbocycles. The zero-order valence-corrected chi connectivity index (χ0v) is 6.93. The standard InChI is InChI=1S/Al.K.H2O3Si.4H/c;;1-4(2)3;;;;/h;;1-2H;;;;/q;+1;;;;;-1. The van der Waals surface area contributed by atoms with E-state index >= 15 is 0 Å². The molecule has 0 aromatic rings. The maximum atomic E-state index is 8.74. The van der Waals surface area contributed by atoms with Crippen molar-refractivity contribution in [3.8, 4) is 0 Å². The Bertz CT molecular complexity index is 37.9. The van der Waals surface area contributed by atoms with Gasteiger partial charge in [-0.05, 0) is 0 Å². The van der Waals surface area contributed by atoms with Crippen LogP contribution < -0.4 is 51.4 Å². The van der Waals surface area contributed by atoms with Gasteiger partial charge in [0.1, 0.15) is 0 Å². The first-order valence-electron chi connectivity index (χ1n) is 0.651. The van der Waals surface area contributed by atoms with Crippen LogP contribution in [0.1, 0.15) is 1.43 Å². The number of hydrogen-bond donors (Lipinski definition) is 2. The molecular weight excluding hydrogens is 142 g/mol. The van der Waals surface area contributed by atoms with Crippen molar-refractivity contribution in [2.45, 2.75) is 0 Å². The average Bonchev–Trinajstić information content (AvgIpc) is 0.811. The second-order valence-electron chi connectivity index (χ2n) is 0.283. The van der Waals surface area contributed by atoms with Gasteiger partial charge in [0.2, 0.25) is 0 Å². The van der Waals surface area contributed by atoms with E-state index in [4.69, 9.17) is 14.1 Å². The summed E-state index contributed by atoms with van der Waals surface area (Å²) in [5, 5.41) is 0. The van der Waals surface area contributed by atoms with Gasteiger partial charge in [-0.1, -0.05) is 0 Å². The second kappa shape index (κ2) is 9.92. The summed E-state index contributed by atoms with van der Waals surface area (Å²) in [7, 11) is -3.13. The molecule has 0 unspecified atom stereocenters. The third-order valence-corrected chi connectivity index (χ3v) is 0. The van der Waals surface area contributed by atoms with E-state index in [1.807, 2.05) is 0 Å². The monoisotopic (exact) mass is 148 g/mol. The minimum Gasteiger partial charge on any atom is -1.00 e. The second-order valence-corrected chi connectivity index (χ2v) is 0.848. The molecule has 0 bridgehead atoms. The molecule has 0 radical (unpaired) electrons. The molecule has 3 nitrogen and oxygen atoms in total. The molecular formula is H6AlKO3Si. The minimum atomic E-state index is -3.13. The predicted octanol–water partition coefficient (Wildman–Crippen LogP) is -5.68. The summed E-state index contributed by atoms with van der Waals surface area (Å²) in [5.74, 6) is 0. The Hall–Kier alpha value is 1.79. The van der Waals surface area contributed by atoms with Crippen LogP contribution >= 0.6 is 0 Å². The van der Waals surface area contributed by atoms with Crippen molar-refractivity contribution in [3.63, 3.8) is 0 Å². The van der Waals surface area contributed by atoms with Crippen molar-refractivity contribution < 1.29 is 66.9 Å². The van der Waals surface area contributed by atoms with E-state index in [0.29, 0.717) is 0 Å². The van der Waals surface area contributed by atoms with Gasteiger partial charge in [-0.2, -0.15) is 0 Å². The van der Waals surface area contributed by atoms with Gasteiger partial charge in [0, 0.05) is 0 Å². The van der Waals surface area contributed by atoms with Crippen LogP contribution in [0.15, 0.2) is 0 Å². The fraction of sp³-hybridized carbons (Fsp3) is 0. The Morgan fingerprint density at radius 1 is 1.50 bits per heavy atom. The van der Waals surface area contributed by atoms with E-state index in [1.165, 1.54) is 0 Å². The Morgan fingerprint density at radius 3 is 1.50 bits per heavy atom. The zero-order chi connectivity index (χ0) is 3.58. The Labute approximate surface area is 91.7 Å². The summed E-state index contributed by atoms with van der Waals surface area (Å²) in [6.07, 6.45) is 0. The third-order valence-electron chi connectivity index (χ3n) is 0. The van der Waals surface area contributed by atoms with Crippen molar-refractivity contribution in [2.24, 2.45) is 0 Å². The van der Waals surface area contributed by atoms with Crippen LogP contribution in [0.2, 0.25) is 0 Å². The molecule has 0 saturated heterocycles. The van der Waals surface area contributed by atoms with Gasteiger partial charge in [0.25, 0.3) is 0 Å². The number of hydrogen-bond acceptors (Lipinski definition) is 1. The first-order chi connectivity index (χ1) is 1.73. The fourth-order valence-corrected chi connectivity index (χ4v) is 0. The van der Waals surface area contributed by atoms with E-state index in [2.05, 4.69) is 0 Å². The quantitative estimate of drug-likeness (QED) is 0.337. The summed E-state index contributed by atoms with van der Waals surface area (Å²) >= 11 is 0. The normalized spacial score (nSPS) is 4.00. The minimum absolute atomic E-state index is 0. The molecule has 6 heavy (non-hydrogen) atoms. The van der Waals surface area contributed by atoms with Crippen molar-refractivity contribution in [2.75, 3.05) is 0 Å². The summed E-state index contributed by atoms with van der Waals surface area (Å²) in [4.78, 5) is 14.3. The summed E-state index contributed by atoms with van der Waals surface area (Å²) in [5.41, 5.74) is 0. The maximum absolute atomic E-state index is 8.74. The third kappa shape index (κ3) is 41.6. The van der Waals surface area contributed by atoms with Crippen LogP contribution in [0.25, 0.3) is 0 Å². The molecule has 0 fully saturated rings. The molecule has 32 valence electrons. The molecule has 2 N–H and O–H groups in total. The molecule has 0 aliphatic carbocycles. The molecule has 0 amide bonds. The molecule has 0 aliphatic rings. The predicted molar refractivity (Wildman–Crippen MR) is 21.9 cm³/mol. The van der Waals surface area contributed by atoms with Gasteiger partial charge in [-0.15, -0.1) is 0 Å². The average molecular weight is 148 g/mol. The van der Waals surface area contributed by atoms with Gasteiger partial charge in [0.15, 0.2) is 17.4 Å². The number of rotatable bonds is 0. The van der Waals surface area contributed by atoms with Gasteiger partial charge in [-0.3, -0.25) is 4.46 Å². The van der Waals surface area contributed by atoms with Gasteiger partial charge in [0.05, 0.1) is 0 Å². The molecule has 0 heterocycles. The topological polar surface area (TPSA) is 57.5 Å². The fourth-order valence-electron chi connectivity index (χ4n) is 0. The van der Waals surface area contributed by atoms with Gasteiger partial charge < -0.3 is 11.0 Å². The van der Waals surface area contributed by atoms with Crippen LogP contribution in [0.4, 0.5) is 0 Å². The van der Waals surface area contributed by atoms with E-state index in [0.717, 1.165) is 0 Å². The maximum Gasteiger partial charge on any atom is 1.00 e. The zero-order valence-electron chi connectivity index (χ0n) is 3.80. The Kier molecular flexibility index (Phi) is 25.9. The SMILES string of the molecule is O=[Si](O)O.[AlH3].[H-].[K+]. The van der Waals surface area contributed by atoms with Crippen LogP contribution in [0, 0.1) is 0 Å². The van der Waals surface area contributed by atoms with Crippen molar-refractivity contribution in [1.29, 1.82) is 0 Å². The first kappa shape index (κ1) is 15.7. The molecule has 0 aliphatic heterocycles. The summed E-state index contributed by atoms with van der Waals surface area (Å²) < 4.78 is 8.74. The largest absolute Gasteiger partial charge is 1.00 e. The van der Waals surface area contributed by atoms with Crippen LogP contribution in [-0.2, 0) is 4.46 Å². The Morgan fingerprint density at radius 2 is 1.50 bits per heavy atom. The molecule has 0 atom stereocenters. The molecule has 0 spiro atoms. The summed E-state index contributed by atoms with van der Waals surface area (Å²) in [6.45, 7) is 0. The van der Waals surface area contributed by atoms with Crippen molar-refractivity contribution in [3.05, 3.63) is 0 Å². The van der Waals surface area contributed by atoms with Crippen LogP contribution in [0.5, 0.6) is 0 Å². The molecule has 0 rings (SSSR count). The van der Waals surface area contributed by atoms with E-state index < -0.39 is 9.17 Å². The van der Waals surface area contributed by atoms with Crippen LogP contribution in [0.3, 0.4) is 0 Å². The van der Waals surface area contributed by atoms with Crippen molar-refractivity contribution >= 4 is 26.5 Å². The smallest absolute Gasteiger partial charge is 1.00 e. The first-order valence-corrected chi connectivity index (χ1v) is 1.95. The Balaban J connectivity index is -0.0000000150. The van der Waals surface area contributed by atoms with Gasteiger partial charge in [-0.25, -0.2) is 0 Å². The summed E-state index contributed by atoms with van der Waals surface area (Å²) in [6, 6.07) is 0. The van der Waals surface area contributed by atoms with E-state index in [1.54, 1.807) is 0 Å². The molecule has 0 saturated carbocycles. The molecule has 6 heteroatoms. The molecule has 0 aromatic heterocycles. The van der Waals surface area contributed by atoms with E-state index in [-0.39, 0.29) is 70.2 Å². The van der Waals surface area contributed by atoms with E-state index in [9.17, 15) is 0 Å². The van der Waals surface area contributed by atoms with Crippen LogP contribution in [-0.4, -0.2) is 36.1 Å². The van der Waals surface area contributed by atoms with Gasteiger partial charge >= 0.3 is 60.6 Å². The van der Waals surface area contributed by atoms with Crippen molar-refractivity contribution in [1.82, 2.24) is 0 Å².